The lowest BCUT2D eigenvalue weighted by Crippen LogP contribution is -2.41. The van der Waals surface area contributed by atoms with Gasteiger partial charge in [0.2, 0.25) is 10.0 Å². The minimum absolute atomic E-state index is 0.0666. The highest BCUT2D eigenvalue weighted by Gasteiger charge is 2.23. The molecular formula is C17H27FN2O3S. The van der Waals surface area contributed by atoms with Crippen LogP contribution in [0.3, 0.4) is 0 Å². The predicted molar refractivity (Wildman–Crippen MR) is 92.2 cm³/mol. The van der Waals surface area contributed by atoms with E-state index in [4.69, 9.17) is 4.74 Å². The van der Waals surface area contributed by atoms with E-state index in [1.165, 1.54) is 12.1 Å². The Labute approximate surface area is 144 Å². The Morgan fingerprint density at radius 1 is 1.33 bits per heavy atom. The Bertz CT molecular complexity index is 641. The molecule has 1 aromatic rings. The van der Waals surface area contributed by atoms with Gasteiger partial charge in [-0.25, -0.2) is 17.5 Å². The fourth-order valence-corrected chi connectivity index (χ4v) is 4.03. The second-order valence-electron chi connectivity index (χ2n) is 6.45. The van der Waals surface area contributed by atoms with Crippen LogP contribution in [0.2, 0.25) is 0 Å². The molecule has 0 unspecified atom stereocenters. The number of halogens is 1. The standard InChI is InChI=1S/C17H27FN2O3S/c1-4-23-17-6-5-15(11-16(17)18)24(21,22)19-12-14-7-9-20(10-8-14)13(2)3/h5-6,11,13-14,19H,4,7-10,12H2,1-3H3. The zero-order valence-electron chi connectivity index (χ0n) is 14.6. The zero-order valence-corrected chi connectivity index (χ0v) is 15.4. The van der Waals surface area contributed by atoms with Crippen molar-refractivity contribution in [3.63, 3.8) is 0 Å². The molecule has 1 aliphatic heterocycles. The number of benzene rings is 1. The number of nitrogens with zero attached hydrogens (tertiary/aromatic N) is 1. The molecule has 136 valence electrons. The molecule has 0 bridgehead atoms. The van der Waals surface area contributed by atoms with E-state index in [1.54, 1.807) is 6.92 Å². The molecule has 7 heteroatoms. The third kappa shape index (κ3) is 4.91. The molecule has 0 atom stereocenters. The molecule has 0 aliphatic carbocycles. The van der Waals surface area contributed by atoms with Gasteiger partial charge in [0.15, 0.2) is 11.6 Å². The highest BCUT2D eigenvalue weighted by Crippen LogP contribution is 2.22. The summed E-state index contributed by atoms with van der Waals surface area (Å²) in [4.78, 5) is 2.33. The molecule has 1 aromatic carbocycles. The summed E-state index contributed by atoms with van der Waals surface area (Å²) in [5.74, 6) is -0.273. The number of hydrogen-bond donors (Lipinski definition) is 1. The van der Waals surface area contributed by atoms with Gasteiger partial charge < -0.3 is 9.64 Å². The maximum atomic E-state index is 13.9. The fraction of sp³-hybridized carbons (Fsp3) is 0.647. The highest BCUT2D eigenvalue weighted by atomic mass is 32.2. The lowest BCUT2D eigenvalue weighted by Gasteiger charge is -2.34. The number of hydrogen-bond acceptors (Lipinski definition) is 4. The van der Waals surface area contributed by atoms with Crippen molar-refractivity contribution in [2.75, 3.05) is 26.2 Å². The summed E-state index contributed by atoms with van der Waals surface area (Å²) < 4.78 is 46.2. The van der Waals surface area contributed by atoms with Gasteiger partial charge in [0.25, 0.3) is 0 Å². The van der Waals surface area contributed by atoms with Gasteiger partial charge in [-0.05, 0) is 70.8 Å². The molecule has 1 N–H and O–H groups in total. The maximum absolute atomic E-state index is 13.9. The van der Waals surface area contributed by atoms with Gasteiger partial charge >= 0.3 is 0 Å². The Morgan fingerprint density at radius 2 is 2.00 bits per heavy atom. The molecule has 1 fully saturated rings. The van der Waals surface area contributed by atoms with E-state index < -0.39 is 15.8 Å². The average molecular weight is 358 g/mol. The van der Waals surface area contributed by atoms with Crippen LogP contribution in [0.5, 0.6) is 5.75 Å². The molecule has 1 heterocycles. The fourth-order valence-electron chi connectivity index (χ4n) is 2.91. The quantitative estimate of drug-likeness (QED) is 0.814. The topological polar surface area (TPSA) is 58.6 Å². The van der Waals surface area contributed by atoms with Gasteiger partial charge in [-0.1, -0.05) is 0 Å². The van der Waals surface area contributed by atoms with E-state index in [2.05, 4.69) is 23.5 Å². The minimum atomic E-state index is -3.70. The second-order valence-corrected chi connectivity index (χ2v) is 8.22. The molecule has 1 saturated heterocycles. The van der Waals surface area contributed by atoms with Crippen LogP contribution < -0.4 is 9.46 Å². The summed E-state index contributed by atoms with van der Waals surface area (Å²) in [6, 6.07) is 4.26. The number of ether oxygens (including phenoxy) is 1. The van der Waals surface area contributed by atoms with Crippen molar-refractivity contribution < 1.29 is 17.5 Å². The van der Waals surface area contributed by atoms with Gasteiger partial charge in [0.1, 0.15) is 0 Å². The van der Waals surface area contributed by atoms with E-state index in [0.29, 0.717) is 25.1 Å². The summed E-state index contributed by atoms with van der Waals surface area (Å²) in [6.07, 6.45) is 1.94. The van der Waals surface area contributed by atoms with E-state index >= 15 is 0 Å². The van der Waals surface area contributed by atoms with Crippen LogP contribution in [0.4, 0.5) is 4.39 Å². The van der Waals surface area contributed by atoms with Crippen molar-refractivity contribution in [2.24, 2.45) is 5.92 Å². The van der Waals surface area contributed by atoms with Gasteiger partial charge in [-0.3, -0.25) is 0 Å². The summed E-state index contributed by atoms with van der Waals surface area (Å²) in [5.41, 5.74) is 0. The van der Waals surface area contributed by atoms with Crippen LogP contribution >= 0.6 is 0 Å². The lowest BCUT2D eigenvalue weighted by atomic mass is 9.96. The van der Waals surface area contributed by atoms with Crippen molar-refractivity contribution in [1.29, 1.82) is 0 Å². The smallest absolute Gasteiger partial charge is 0.240 e. The van der Waals surface area contributed by atoms with Crippen LogP contribution in [0, 0.1) is 11.7 Å². The van der Waals surface area contributed by atoms with Crippen LogP contribution in [-0.2, 0) is 10.0 Å². The number of piperidine rings is 1. The van der Waals surface area contributed by atoms with Crippen molar-refractivity contribution >= 4 is 10.0 Å². The Balaban J connectivity index is 1.93. The molecule has 0 radical (unpaired) electrons. The van der Waals surface area contributed by atoms with Crippen LogP contribution in [0.15, 0.2) is 23.1 Å². The van der Waals surface area contributed by atoms with Crippen LogP contribution in [0.1, 0.15) is 33.6 Å². The van der Waals surface area contributed by atoms with E-state index in [9.17, 15) is 12.8 Å². The number of likely N-dealkylation sites (tertiary alicyclic amines) is 1. The first-order valence-corrected chi connectivity index (χ1v) is 9.98. The van der Waals surface area contributed by atoms with Gasteiger partial charge in [-0.15, -0.1) is 0 Å². The Kier molecular flexibility index (Phi) is 6.60. The first-order chi connectivity index (χ1) is 11.3. The molecular weight excluding hydrogens is 331 g/mol. The Hall–Kier alpha value is -1.18. The molecule has 0 aromatic heterocycles. The summed E-state index contributed by atoms with van der Waals surface area (Å²) in [5, 5.41) is 0. The van der Waals surface area contributed by atoms with E-state index in [1.807, 2.05) is 0 Å². The van der Waals surface area contributed by atoms with E-state index in [-0.39, 0.29) is 10.6 Å². The van der Waals surface area contributed by atoms with Gasteiger partial charge in [-0.2, -0.15) is 0 Å². The van der Waals surface area contributed by atoms with Crippen molar-refractivity contribution in [1.82, 2.24) is 9.62 Å². The van der Waals surface area contributed by atoms with Crippen molar-refractivity contribution in [3.05, 3.63) is 24.0 Å². The van der Waals surface area contributed by atoms with Crippen molar-refractivity contribution in [3.8, 4) is 5.75 Å². The third-order valence-electron chi connectivity index (χ3n) is 4.45. The van der Waals surface area contributed by atoms with Crippen molar-refractivity contribution in [2.45, 2.75) is 44.6 Å². The molecule has 24 heavy (non-hydrogen) atoms. The zero-order chi connectivity index (χ0) is 17.7. The monoisotopic (exact) mass is 358 g/mol. The van der Waals surface area contributed by atoms with Crippen LogP contribution in [-0.4, -0.2) is 45.6 Å². The first kappa shape index (κ1) is 19.1. The first-order valence-electron chi connectivity index (χ1n) is 8.49. The molecule has 0 saturated carbocycles. The molecule has 2 rings (SSSR count). The van der Waals surface area contributed by atoms with Gasteiger partial charge in [0, 0.05) is 12.6 Å². The van der Waals surface area contributed by atoms with Crippen LogP contribution in [0.25, 0.3) is 0 Å². The predicted octanol–water partition coefficient (Wildman–Crippen LogP) is 2.62. The summed E-state index contributed by atoms with van der Waals surface area (Å²) >= 11 is 0. The average Bonchev–Trinajstić information content (AvgIpc) is 2.55. The SMILES string of the molecule is CCOc1ccc(S(=O)(=O)NCC2CCN(C(C)C)CC2)cc1F. The number of rotatable bonds is 7. The van der Waals surface area contributed by atoms with E-state index in [0.717, 1.165) is 32.0 Å². The summed E-state index contributed by atoms with van der Waals surface area (Å²) in [7, 11) is -3.70. The normalized spacial score (nSPS) is 17.4. The third-order valence-corrected chi connectivity index (χ3v) is 5.88. The minimum Gasteiger partial charge on any atom is -0.491 e. The molecule has 1 aliphatic rings. The number of sulfonamides is 1. The number of nitrogens with one attached hydrogen (secondary N) is 1. The molecule has 0 amide bonds. The summed E-state index contributed by atoms with van der Waals surface area (Å²) in [6.45, 7) is 8.78. The largest absolute Gasteiger partial charge is 0.491 e. The molecule has 0 spiro atoms. The maximum Gasteiger partial charge on any atom is 0.240 e. The molecule has 5 nitrogen and oxygen atoms in total. The highest BCUT2D eigenvalue weighted by molar-refractivity contribution is 7.89. The lowest BCUT2D eigenvalue weighted by molar-refractivity contribution is 0.151. The second kappa shape index (κ2) is 8.27. The van der Waals surface area contributed by atoms with Gasteiger partial charge in [0.05, 0.1) is 11.5 Å². The Morgan fingerprint density at radius 3 is 2.54 bits per heavy atom.